The molecule has 0 aliphatic carbocycles. The molecule has 252 valence electrons. The van der Waals surface area contributed by atoms with Gasteiger partial charge in [-0.1, -0.05) is 170 Å². The fourth-order valence-corrected chi connectivity index (χ4v) is 7.61. The van der Waals surface area contributed by atoms with Crippen molar-refractivity contribution in [1.29, 1.82) is 0 Å². The molecule has 2 heterocycles. The predicted molar refractivity (Wildman–Crippen MR) is 225 cm³/mol. The number of hydrogen-bond acceptors (Lipinski definition) is 3. The first kappa shape index (κ1) is 31.5. The van der Waals surface area contributed by atoms with E-state index in [1.807, 2.05) is 24.3 Å². The lowest BCUT2D eigenvalue weighted by Gasteiger charge is -2.15. The Bertz CT molecular complexity index is 2920. The summed E-state index contributed by atoms with van der Waals surface area (Å²) in [6, 6.07) is 70.5. The van der Waals surface area contributed by atoms with Gasteiger partial charge in [-0.2, -0.15) is 0 Å². The lowest BCUT2D eigenvalue weighted by Crippen LogP contribution is -1.96. The normalized spacial score (nSPS) is 11.3. The molecule has 0 unspecified atom stereocenters. The third-order valence-electron chi connectivity index (χ3n) is 10.3. The molecule has 0 radical (unpaired) electrons. The van der Waals surface area contributed by atoms with Crippen molar-refractivity contribution in [2.24, 2.45) is 0 Å². The lowest BCUT2D eigenvalue weighted by atomic mass is 9.92. The summed E-state index contributed by atoms with van der Waals surface area (Å²) in [7, 11) is 0. The maximum atomic E-state index is 5.33. The second-order valence-corrected chi connectivity index (χ2v) is 13.6. The third-order valence-corrected chi connectivity index (χ3v) is 10.3. The van der Waals surface area contributed by atoms with Crippen LogP contribution in [0.5, 0.6) is 0 Å². The molecule has 0 saturated carbocycles. The molecule has 0 N–H and O–H groups in total. The average molecular weight is 688 g/mol. The van der Waals surface area contributed by atoms with E-state index in [-0.39, 0.29) is 0 Å². The van der Waals surface area contributed by atoms with Crippen molar-refractivity contribution in [3.63, 3.8) is 0 Å². The number of fused-ring (bicyclic) bond motifs is 3. The van der Waals surface area contributed by atoms with Crippen LogP contribution in [0.4, 0.5) is 0 Å². The van der Waals surface area contributed by atoms with Gasteiger partial charge >= 0.3 is 0 Å². The molecule has 0 aliphatic rings. The highest BCUT2D eigenvalue weighted by atomic mass is 14.9. The molecular weight excluding hydrogens is 655 g/mol. The van der Waals surface area contributed by atoms with Crippen LogP contribution in [0.2, 0.25) is 0 Å². The zero-order valence-electron chi connectivity index (χ0n) is 29.4. The third kappa shape index (κ3) is 5.78. The summed E-state index contributed by atoms with van der Waals surface area (Å²) in [5, 5.41) is 5.93. The van der Waals surface area contributed by atoms with E-state index >= 15 is 0 Å². The first-order valence-corrected chi connectivity index (χ1v) is 18.3. The van der Waals surface area contributed by atoms with Gasteiger partial charge in [-0.25, -0.2) is 15.0 Å². The molecule has 0 spiro atoms. The smallest absolute Gasteiger partial charge is 0.160 e. The average Bonchev–Trinajstić information content (AvgIpc) is 3.26. The summed E-state index contributed by atoms with van der Waals surface area (Å²) < 4.78 is 0. The standard InChI is InChI=1S/C51H33N3/c1-3-16-36(17-4-1)48-33-49(54-51(53-48)37-18-5-2-6-19-37)40-23-11-22-38(30-40)45-32-50(44-27-13-21-35-15-8-10-25-42(35)44)52-47-29-28-39(31-46(45)47)43-26-12-20-34-14-7-9-24-41(34)43/h1-33H. The highest BCUT2D eigenvalue weighted by Gasteiger charge is 2.16. The van der Waals surface area contributed by atoms with E-state index in [9.17, 15) is 0 Å². The predicted octanol–water partition coefficient (Wildman–Crippen LogP) is 13.3. The van der Waals surface area contributed by atoms with Gasteiger partial charge < -0.3 is 0 Å². The minimum Gasteiger partial charge on any atom is -0.248 e. The largest absolute Gasteiger partial charge is 0.248 e. The molecule has 0 aliphatic heterocycles. The van der Waals surface area contributed by atoms with E-state index in [2.05, 4.69) is 176 Å². The second kappa shape index (κ2) is 13.4. The van der Waals surface area contributed by atoms with Crippen LogP contribution >= 0.6 is 0 Å². The van der Waals surface area contributed by atoms with Crippen molar-refractivity contribution >= 4 is 32.4 Å². The van der Waals surface area contributed by atoms with Gasteiger partial charge in [-0.3, -0.25) is 0 Å². The summed E-state index contributed by atoms with van der Waals surface area (Å²) in [5.41, 5.74) is 12.4. The van der Waals surface area contributed by atoms with E-state index in [1.54, 1.807) is 0 Å². The van der Waals surface area contributed by atoms with Gasteiger partial charge in [0.25, 0.3) is 0 Å². The highest BCUT2D eigenvalue weighted by molar-refractivity contribution is 6.04. The maximum absolute atomic E-state index is 5.33. The minimum atomic E-state index is 0.699. The van der Waals surface area contributed by atoms with Gasteiger partial charge in [0, 0.05) is 27.6 Å². The molecule has 3 heteroatoms. The summed E-state index contributed by atoms with van der Waals surface area (Å²) in [6.45, 7) is 0. The van der Waals surface area contributed by atoms with E-state index in [0.717, 1.165) is 66.9 Å². The van der Waals surface area contributed by atoms with Crippen LogP contribution in [-0.4, -0.2) is 15.0 Å². The molecule has 0 saturated heterocycles. The van der Waals surface area contributed by atoms with Gasteiger partial charge in [0.15, 0.2) is 5.82 Å². The number of rotatable bonds is 6. The van der Waals surface area contributed by atoms with Crippen LogP contribution in [0, 0.1) is 0 Å². The van der Waals surface area contributed by atoms with Crippen molar-refractivity contribution in [1.82, 2.24) is 15.0 Å². The summed E-state index contributed by atoms with van der Waals surface area (Å²) in [4.78, 5) is 15.5. The fourth-order valence-electron chi connectivity index (χ4n) is 7.61. The first-order chi connectivity index (χ1) is 26.7. The fraction of sp³-hybridized carbons (Fsp3) is 0. The summed E-state index contributed by atoms with van der Waals surface area (Å²) in [6.07, 6.45) is 0. The van der Waals surface area contributed by atoms with Crippen LogP contribution in [0.1, 0.15) is 0 Å². The minimum absolute atomic E-state index is 0.699. The van der Waals surface area contributed by atoms with Crippen LogP contribution in [0.25, 0.3) is 99.9 Å². The van der Waals surface area contributed by atoms with Crippen molar-refractivity contribution in [3.8, 4) is 67.4 Å². The maximum Gasteiger partial charge on any atom is 0.160 e. The Hall–Kier alpha value is -7.23. The monoisotopic (exact) mass is 687 g/mol. The van der Waals surface area contributed by atoms with Crippen molar-refractivity contribution < 1.29 is 0 Å². The molecular formula is C51H33N3. The molecule has 0 bridgehead atoms. The first-order valence-electron chi connectivity index (χ1n) is 18.3. The number of hydrogen-bond donors (Lipinski definition) is 0. The van der Waals surface area contributed by atoms with E-state index in [4.69, 9.17) is 15.0 Å². The van der Waals surface area contributed by atoms with Gasteiger partial charge in [0.1, 0.15) is 0 Å². The van der Waals surface area contributed by atoms with E-state index in [1.165, 1.54) is 27.1 Å². The SMILES string of the molecule is c1ccc(-c2cc(-c3cccc(-c4cc(-c5cccc6ccccc56)nc5ccc(-c6cccc7ccccc67)cc45)c3)nc(-c3ccccc3)n2)cc1. The van der Waals surface area contributed by atoms with Gasteiger partial charge in [-0.05, 0) is 74.1 Å². The Balaban J connectivity index is 1.19. The zero-order valence-corrected chi connectivity index (χ0v) is 29.4. The Morgan fingerprint density at radius 1 is 0.259 bits per heavy atom. The van der Waals surface area contributed by atoms with Gasteiger partial charge in [0.2, 0.25) is 0 Å². The van der Waals surface area contributed by atoms with E-state index in [0.29, 0.717) is 5.82 Å². The molecule has 0 fully saturated rings. The molecule has 3 nitrogen and oxygen atoms in total. The number of pyridine rings is 1. The Kier molecular flexibility index (Phi) is 7.81. The zero-order chi connectivity index (χ0) is 35.8. The Morgan fingerprint density at radius 2 is 0.796 bits per heavy atom. The number of benzene rings is 8. The van der Waals surface area contributed by atoms with Crippen molar-refractivity contribution in [2.75, 3.05) is 0 Å². The molecule has 10 rings (SSSR count). The molecule has 10 aromatic rings. The highest BCUT2D eigenvalue weighted by Crippen LogP contribution is 2.39. The second-order valence-electron chi connectivity index (χ2n) is 13.6. The van der Waals surface area contributed by atoms with Gasteiger partial charge in [0.05, 0.1) is 22.6 Å². The van der Waals surface area contributed by atoms with Crippen LogP contribution in [-0.2, 0) is 0 Å². The molecule has 0 amide bonds. The van der Waals surface area contributed by atoms with Crippen molar-refractivity contribution in [3.05, 3.63) is 200 Å². The lowest BCUT2D eigenvalue weighted by molar-refractivity contribution is 1.18. The molecule has 0 atom stereocenters. The Labute approximate surface area is 313 Å². The number of nitrogens with zero attached hydrogens (tertiary/aromatic N) is 3. The van der Waals surface area contributed by atoms with E-state index < -0.39 is 0 Å². The quantitative estimate of drug-likeness (QED) is 0.175. The topological polar surface area (TPSA) is 38.7 Å². The van der Waals surface area contributed by atoms with Crippen LogP contribution in [0.3, 0.4) is 0 Å². The number of aromatic nitrogens is 3. The molecule has 2 aromatic heterocycles. The summed E-state index contributed by atoms with van der Waals surface area (Å²) >= 11 is 0. The van der Waals surface area contributed by atoms with Crippen LogP contribution < -0.4 is 0 Å². The molecule has 54 heavy (non-hydrogen) atoms. The van der Waals surface area contributed by atoms with Crippen molar-refractivity contribution in [2.45, 2.75) is 0 Å². The summed E-state index contributed by atoms with van der Waals surface area (Å²) in [5.74, 6) is 0.699. The molecule has 8 aromatic carbocycles. The van der Waals surface area contributed by atoms with Crippen LogP contribution in [0.15, 0.2) is 200 Å². The Morgan fingerprint density at radius 3 is 1.54 bits per heavy atom. The van der Waals surface area contributed by atoms with Gasteiger partial charge in [-0.15, -0.1) is 0 Å².